The number of aromatic nitrogens is 1. The van der Waals surface area contributed by atoms with E-state index in [1.54, 1.807) is 0 Å². The Morgan fingerprint density at radius 1 is 0.973 bits per heavy atom. The van der Waals surface area contributed by atoms with Crippen LogP contribution in [0.3, 0.4) is 0 Å². The van der Waals surface area contributed by atoms with E-state index in [0.717, 1.165) is 42.1 Å². The molecule has 0 saturated carbocycles. The third-order valence-electron chi connectivity index (χ3n) is 6.62. The van der Waals surface area contributed by atoms with Crippen molar-refractivity contribution in [3.05, 3.63) is 48.2 Å². The van der Waals surface area contributed by atoms with Crippen molar-refractivity contribution >= 4 is 24.6 Å². The number of hydrogen-bond acceptors (Lipinski definition) is 3. The number of benzene rings is 1. The van der Waals surface area contributed by atoms with Crippen molar-refractivity contribution in [1.82, 2.24) is 10.3 Å². The van der Waals surface area contributed by atoms with Crippen molar-refractivity contribution in [3.8, 4) is 0 Å². The Morgan fingerprint density at radius 3 is 2.27 bits per heavy atom. The van der Waals surface area contributed by atoms with Crippen molar-refractivity contribution in [2.75, 3.05) is 6.61 Å². The van der Waals surface area contributed by atoms with Crippen LogP contribution in [0.4, 0.5) is 0 Å². The smallest absolute Gasteiger partial charge is 0.361 e. The summed E-state index contributed by atoms with van der Waals surface area (Å²) in [6.07, 6.45) is 23.0. The van der Waals surface area contributed by atoms with Crippen LogP contribution in [-0.4, -0.2) is 33.3 Å². The van der Waals surface area contributed by atoms with E-state index in [9.17, 15) is 9.36 Å². The van der Waals surface area contributed by atoms with E-state index in [1.165, 1.54) is 57.8 Å². The number of fused-ring (bicyclic) bond motifs is 1. The number of aromatic amines is 1. The lowest BCUT2D eigenvalue weighted by Gasteiger charge is -2.19. The predicted molar refractivity (Wildman–Crippen MR) is 151 cm³/mol. The van der Waals surface area contributed by atoms with Gasteiger partial charge in [0.25, 0.3) is 0 Å². The number of carbonyl (C=O) groups is 1. The van der Waals surface area contributed by atoms with Crippen LogP contribution in [0.5, 0.6) is 0 Å². The monoisotopic (exact) mass is 534 g/mol. The number of allylic oxidation sites excluding steroid dienone is 2. The normalized spacial score (nSPS) is 12.9. The number of phosphoric ester groups is 1. The quantitative estimate of drug-likeness (QED) is 0.0760. The van der Waals surface area contributed by atoms with Crippen LogP contribution < -0.4 is 5.32 Å². The molecule has 2 aromatic rings. The number of hydrogen-bond donors (Lipinski definition) is 4. The second-order valence-corrected chi connectivity index (χ2v) is 11.2. The molecule has 1 aromatic heterocycles. The van der Waals surface area contributed by atoms with Gasteiger partial charge < -0.3 is 20.1 Å². The molecule has 1 atom stereocenters. The first-order chi connectivity index (χ1) is 17.9. The SMILES string of the molecule is CCCCCCCCC=CCCCCCCCC(=O)N[C@H](COP(=O)(O)O)Cc1c[nH]c2ccccc12. The Morgan fingerprint density at radius 2 is 1.59 bits per heavy atom. The number of carbonyl (C=O) groups excluding carboxylic acids is 1. The summed E-state index contributed by atoms with van der Waals surface area (Å²) in [6, 6.07) is 7.29. The molecule has 1 aromatic carbocycles. The number of para-hydroxylation sites is 1. The lowest BCUT2D eigenvalue weighted by Crippen LogP contribution is -2.39. The molecule has 0 bridgehead atoms. The zero-order valence-corrected chi connectivity index (χ0v) is 23.4. The summed E-state index contributed by atoms with van der Waals surface area (Å²) in [7, 11) is -4.62. The molecule has 0 saturated heterocycles. The van der Waals surface area contributed by atoms with Gasteiger partial charge in [-0.2, -0.15) is 0 Å². The first kappa shape index (κ1) is 31.3. The summed E-state index contributed by atoms with van der Waals surface area (Å²) in [5.41, 5.74) is 1.95. The molecule has 1 heterocycles. The number of amides is 1. The van der Waals surface area contributed by atoms with Gasteiger partial charge in [-0.15, -0.1) is 0 Å². The van der Waals surface area contributed by atoms with Crippen LogP contribution >= 0.6 is 7.82 Å². The predicted octanol–water partition coefficient (Wildman–Crippen LogP) is 7.34. The van der Waals surface area contributed by atoms with Gasteiger partial charge in [0.1, 0.15) is 0 Å². The van der Waals surface area contributed by atoms with Crippen molar-refractivity contribution in [1.29, 1.82) is 0 Å². The van der Waals surface area contributed by atoms with Gasteiger partial charge in [-0.1, -0.05) is 88.6 Å². The summed E-state index contributed by atoms with van der Waals surface area (Å²) >= 11 is 0. The molecule has 2 rings (SSSR count). The fraction of sp³-hybridized carbons (Fsp3) is 0.621. The molecule has 7 nitrogen and oxygen atoms in total. The fourth-order valence-corrected chi connectivity index (χ4v) is 4.93. The Kier molecular flexibility index (Phi) is 15.5. The van der Waals surface area contributed by atoms with Crippen LogP contribution in [0.1, 0.15) is 102 Å². The Balaban J connectivity index is 1.60. The number of unbranched alkanes of at least 4 members (excludes halogenated alkanes) is 11. The van der Waals surface area contributed by atoms with Gasteiger partial charge in [0.2, 0.25) is 5.91 Å². The van der Waals surface area contributed by atoms with E-state index < -0.39 is 13.9 Å². The maximum absolute atomic E-state index is 12.5. The van der Waals surface area contributed by atoms with E-state index in [-0.39, 0.29) is 12.5 Å². The average Bonchev–Trinajstić information content (AvgIpc) is 3.27. The molecular formula is C29H47N2O5P. The molecule has 0 aliphatic carbocycles. The molecule has 4 N–H and O–H groups in total. The van der Waals surface area contributed by atoms with Crippen LogP contribution in [0.15, 0.2) is 42.6 Å². The third-order valence-corrected chi connectivity index (χ3v) is 7.10. The second-order valence-electron chi connectivity index (χ2n) is 9.95. The molecular weight excluding hydrogens is 487 g/mol. The van der Waals surface area contributed by atoms with Gasteiger partial charge in [-0.3, -0.25) is 9.32 Å². The van der Waals surface area contributed by atoms with E-state index in [0.29, 0.717) is 12.8 Å². The minimum absolute atomic E-state index is 0.114. The minimum Gasteiger partial charge on any atom is -0.361 e. The van der Waals surface area contributed by atoms with Gasteiger partial charge in [0.05, 0.1) is 12.6 Å². The molecule has 208 valence electrons. The number of phosphoric acid groups is 1. The summed E-state index contributed by atoms with van der Waals surface area (Å²) in [6.45, 7) is 2.00. The van der Waals surface area contributed by atoms with Crippen LogP contribution in [0.25, 0.3) is 10.9 Å². The van der Waals surface area contributed by atoms with Crippen molar-refractivity contribution < 1.29 is 23.7 Å². The second kappa shape index (κ2) is 18.4. The molecule has 1 amide bonds. The fourth-order valence-electron chi connectivity index (χ4n) is 4.56. The lowest BCUT2D eigenvalue weighted by atomic mass is 10.0. The third kappa shape index (κ3) is 14.6. The number of nitrogens with one attached hydrogen (secondary N) is 2. The zero-order valence-electron chi connectivity index (χ0n) is 22.5. The number of rotatable bonds is 21. The van der Waals surface area contributed by atoms with Crippen molar-refractivity contribution in [3.63, 3.8) is 0 Å². The summed E-state index contributed by atoms with van der Waals surface area (Å²) in [5, 5.41) is 3.94. The molecule has 8 heteroatoms. The topological polar surface area (TPSA) is 112 Å². The van der Waals surface area contributed by atoms with Crippen LogP contribution in [0.2, 0.25) is 0 Å². The molecule has 0 fully saturated rings. The number of H-pyrrole nitrogens is 1. The van der Waals surface area contributed by atoms with Crippen molar-refractivity contribution in [2.45, 2.75) is 109 Å². The van der Waals surface area contributed by atoms with Gasteiger partial charge in [0.15, 0.2) is 0 Å². The van der Waals surface area contributed by atoms with Crippen molar-refractivity contribution in [2.24, 2.45) is 0 Å². The maximum atomic E-state index is 12.5. The molecule has 0 unspecified atom stereocenters. The van der Waals surface area contributed by atoms with Crippen LogP contribution in [0, 0.1) is 0 Å². The minimum atomic E-state index is -4.62. The summed E-state index contributed by atoms with van der Waals surface area (Å²) < 4.78 is 15.9. The standard InChI is InChI=1S/C29H47N2O5P/c1-2-3-4-5-6-7-8-9-10-11-12-13-14-15-16-21-29(32)31-26(24-36-37(33,34)35)22-25-23-30-28-20-18-17-19-27(25)28/h9-10,17-20,23,26,30H,2-8,11-16,21-22,24H2,1H3,(H,31,32)(H2,33,34,35)/t26-/m0/s1. The van der Waals surface area contributed by atoms with Gasteiger partial charge in [0, 0.05) is 23.5 Å². The Labute approximate surface area is 222 Å². The first-order valence-corrected chi connectivity index (χ1v) is 15.6. The van der Waals surface area contributed by atoms with E-state index in [2.05, 4.69) is 29.4 Å². The largest absolute Gasteiger partial charge is 0.469 e. The summed E-state index contributed by atoms with van der Waals surface area (Å²) in [4.78, 5) is 34.0. The van der Waals surface area contributed by atoms with Gasteiger partial charge >= 0.3 is 7.82 Å². The van der Waals surface area contributed by atoms with E-state index in [4.69, 9.17) is 14.3 Å². The van der Waals surface area contributed by atoms with Crippen LogP contribution in [-0.2, 0) is 20.3 Å². The lowest BCUT2D eigenvalue weighted by molar-refractivity contribution is -0.122. The van der Waals surface area contributed by atoms with Gasteiger partial charge in [-0.25, -0.2) is 4.57 Å². The molecule has 0 aliphatic heterocycles. The highest BCUT2D eigenvalue weighted by Gasteiger charge is 2.21. The zero-order chi connectivity index (χ0) is 26.8. The average molecular weight is 535 g/mol. The molecule has 37 heavy (non-hydrogen) atoms. The van der Waals surface area contributed by atoms with E-state index >= 15 is 0 Å². The Hall–Kier alpha value is -1.92. The first-order valence-electron chi connectivity index (χ1n) is 14.1. The summed E-state index contributed by atoms with van der Waals surface area (Å²) in [5.74, 6) is -0.114. The Bertz CT molecular complexity index is 968. The highest BCUT2D eigenvalue weighted by molar-refractivity contribution is 7.46. The molecule has 0 radical (unpaired) electrons. The highest BCUT2D eigenvalue weighted by atomic mass is 31.2. The van der Waals surface area contributed by atoms with Gasteiger partial charge in [-0.05, 0) is 50.2 Å². The molecule has 0 spiro atoms. The highest BCUT2D eigenvalue weighted by Crippen LogP contribution is 2.36. The maximum Gasteiger partial charge on any atom is 0.469 e. The molecule has 0 aliphatic rings. The van der Waals surface area contributed by atoms with E-state index in [1.807, 2.05) is 30.5 Å².